The van der Waals surface area contributed by atoms with Crippen LogP contribution in [-0.2, 0) is 30.4 Å². The van der Waals surface area contributed by atoms with Gasteiger partial charge in [-0.3, -0.25) is 13.7 Å². The first-order valence-corrected chi connectivity index (χ1v) is 22.0. The molecular formula is C40H26N8O9S3. The van der Waals surface area contributed by atoms with Crippen LogP contribution in [0.15, 0.2) is 130 Å². The van der Waals surface area contributed by atoms with E-state index in [1.165, 1.54) is 48.5 Å². The highest BCUT2D eigenvalue weighted by Gasteiger charge is 2.21. The van der Waals surface area contributed by atoms with E-state index in [0.717, 1.165) is 5.56 Å². The van der Waals surface area contributed by atoms with Gasteiger partial charge in [-0.1, -0.05) is 60.7 Å². The molecule has 298 valence electrons. The fourth-order valence-electron chi connectivity index (χ4n) is 7.12. The van der Waals surface area contributed by atoms with E-state index >= 15 is 0 Å². The molecule has 0 aliphatic carbocycles. The normalized spacial score (nSPS) is 12.7. The van der Waals surface area contributed by atoms with Crippen LogP contribution in [0.1, 0.15) is 0 Å². The highest BCUT2D eigenvalue weighted by molar-refractivity contribution is 7.86. The van der Waals surface area contributed by atoms with Crippen molar-refractivity contribution in [2.75, 3.05) is 0 Å². The number of H-pyrrole nitrogens is 4. The Balaban J connectivity index is 0.996. The molecule has 0 unspecified atom stereocenters. The van der Waals surface area contributed by atoms with Crippen molar-refractivity contribution in [2.45, 2.75) is 14.7 Å². The lowest BCUT2D eigenvalue weighted by atomic mass is 10.0. The number of para-hydroxylation sites is 1. The van der Waals surface area contributed by atoms with Gasteiger partial charge in [-0.2, -0.15) is 25.3 Å². The zero-order chi connectivity index (χ0) is 41.7. The largest absolute Gasteiger partial charge is 0.338 e. The zero-order valence-corrected chi connectivity index (χ0v) is 32.7. The number of fused-ring (bicyclic) bond motifs is 4. The van der Waals surface area contributed by atoms with Gasteiger partial charge in [0.1, 0.15) is 23.3 Å². The Hall–Kier alpha value is -7.07. The van der Waals surface area contributed by atoms with Gasteiger partial charge in [0, 0.05) is 33.4 Å². The van der Waals surface area contributed by atoms with E-state index in [9.17, 15) is 38.9 Å². The zero-order valence-electron chi connectivity index (χ0n) is 30.3. The molecule has 0 bridgehead atoms. The molecule has 0 amide bonds. The van der Waals surface area contributed by atoms with Gasteiger partial charge in [0.25, 0.3) is 30.4 Å². The van der Waals surface area contributed by atoms with Gasteiger partial charge in [-0.25, -0.2) is 19.9 Å². The van der Waals surface area contributed by atoms with Crippen LogP contribution in [0.25, 0.3) is 101 Å². The number of benzene rings is 6. The quantitative estimate of drug-likeness (QED) is 0.0742. The minimum atomic E-state index is -4.65. The minimum absolute atomic E-state index is 0.251. The average molecular weight is 859 g/mol. The van der Waals surface area contributed by atoms with Gasteiger partial charge < -0.3 is 19.9 Å². The maximum absolute atomic E-state index is 12.5. The molecule has 60 heavy (non-hydrogen) atoms. The Kier molecular flexibility index (Phi) is 8.20. The summed E-state index contributed by atoms with van der Waals surface area (Å²) in [6.45, 7) is 0. The van der Waals surface area contributed by atoms with Crippen LogP contribution in [0.2, 0.25) is 0 Å². The predicted octanol–water partition coefficient (Wildman–Crippen LogP) is 7.27. The summed E-state index contributed by atoms with van der Waals surface area (Å²) in [6.07, 6.45) is 0. The maximum atomic E-state index is 12.5. The minimum Gasteiger partial charge on any atom is -0.338 e. The Morgan fingerprint density at radius 1 is 0.383 bits per heavy atom. The van der Waals surface area contributed by atoms with Crippen molar-refractivity contribution in [1.29, 1.82) is 0 Å². The highest BCUT2D eigenvalue weighted by Crippen LogP contribution is 2.37. The number of aromatic nitrogens is 8. The number of aromatic amines is 4. The lowest BCUT2D eigenvalue weighted by Crippen LogP contribution is -1.99. The summed E-state index contributed by atoms with van der Waals surface area (Å²) in [5, 5.41) is 0. The van der Waals surface area contributed by atoms with Crippen molar-refractivity contribution < 1.29 is 38.9 Å². The van der Waals surface area contributed by atoms with Gasteiger partial charge in [0.15, 0.2) is 0 Å². The second-order valence-corrected chi connectivity index (χ2v) is 18.1. The van der Waals surface area contributed by atoms with Crippen molar-refractivity contribution in [3.05, 3.63) is 115 Å². The number of rotatable bonds is 8. The molecule has 4 aromatic heterocycles. The number of nitrogens with one attached hydrogen (secondary N) is 4. The first-order chi connectivity index (χ1) is 28.5. The predicted molar refractivity (Wildman–Crippen MR) is 222 cm³/mol. The van der Waals surface area contributed by atoms with Crippen LogP contribution in [0.3, 0.4) is 0 Å². The third-order valence-electron chi connectivity index (χ3n) is 10.0. The van der Waals surface area contributed by atoms with E-state index in [-0.39, 0.29) is 14.7 Å². The fourth-order valence-corrected chi connectivity index (χ4v) is 8.67. The second kappa shape index (κ2) is 13.2. The van der Waals surface area contributed by atoms with Gasteiger partial charge >= 0.3 is 0 Å². The third-order valence-corrected chi connectivity index (χ3v) is 12.6. The molecular weight excluding hydrogens is 833 g/mol. The maximum Gasteiger partial charge on any atom is 0.294 e. The Morgan fingerprint density at radius 2 is 0.800 bits per heavy atom. The lowest BCUT2D eigenvalue weighted by molar-refractivity contribution is 0.481. The molecule has 0 saturated heterocycles. The number of hydrogen-bond donors (Lipinski definition) is 7. The second-order valence-electron chi connectivity index (χ2n) is 13.8. The van der Waals surface area contributed by atoms with E-state index < -0.39 is 30.4 Å². The summed E-state index contributed by atoms with van der Waals surface area (Å²) in [5.41, 5.74) is 7.54. The van der Waals surface area contributed by atoms with Crippen LogP contribution in [0.5, 0.6) is 0 Å². The van der Waals surface area contributed by atoms with Gasteiger partial charge in [0.2, 0.25) is 0 Å². The van der Waals surface area contributed by atoms with E-state index in [2.05, 4.69) is 29.9 Å². The molecule has 10 rings (SSSR count). The summed E-state index contributed by atoms with van der Waals surface area (Å²) in [4.78, 5) is 30.6. The van der Waals surface area contributed by atoms with E-state index in [1.807, 2.05) is 24.3 Å². The topological polar surface area (TPSA) is 278 Å². The Morgan fingerprint density at radius 3 is 1.28 bits per heavy atom. The summed E-state index contributed by atoms with van der Waals surface area (Å²) >= 11 is 0. The lowest BCUT2D eigenvalue weighted by Gasteiger charge is -2.07. The van der Waals surface area contributed by atoms with Crippen molar-refractivity contribution in [3.8, 4) is 56.7 Å². The van der Waals surface area contributed by atoms with E-state index in [0.29, 0.717) is 95.2 Å². The summed E-state index contributed by atoms with van der Waals surface area (Å²) in [7, 11) is -13.4. The molecule has 6 aromatic carbocycles. The molecule has 7 N–H and O–H groups in total. The van der Waals surface area contributed by atoms with Crippen LogP contribution >= 0.6 is 0 Å². The van der Waals surface area contributed by atoms with Crippen molar-refractivity contribution >= 4 is 74.5 Å². The molecule has 0 atom stereocenters. The Bertz CT molecular complexity index is 3740. The summed E-state index contributed by atoms with van der Waals surface area (Å²) < 4.78 is 101. The smallest absolute Gasteiger partial charge is 0.294 e. The molecule has 10 aromatic rings. The molecule has 0 fully saturated rings. The molecule has 17 nitrogen and oxygen atoms in total. The van der Waals surface area contributed by atoms with Crippen molar-refractivity contribution in [3.63, 3.8) is 0 Å². The third kappa shape index (κ3) is 6.58. The molecule has 0 aliphatic heterocycles. The molecule has 4 heterocycles. The first kappa shape index (κ1) is 37.2. The SMILES string of the molecule is O=S(=O)(O)c1ccc2nc(-c3ccc(-c4nc5c(-c6cccc7nc(-c8ccc(-c9nc%10ccc(S(=O)(=O)O)cc%10[nH]9)cc8)[nH]c67)cc(S(=O)(=O)O)cc5[nH]4)cc3)[nH]c2c1. The number of hydrogen-bond acceptors (Lipinski definition) is 10. The monoisotopic (exact) mass is 858 g/mol. The molecule has 0 saturated carbocycles. The van der Waals surface area contributed by atoms with Crippen LogP contribution in [0.4, 0.5) is 0 Å². The van der Waals surface area contributed by atoms with Crippen LogP contribution in [-0.4, -0.2) is 78.8 Å². The Labute approximate surface area is 338 Å². The summed E-state index contributed by atoms with van der Waals surface area (Å²) in [6, 6.07) is 30.6. The molecule has 20 heteroatoms. The number of nitrogens with zero attached hydrogens (tertiary/aromatic N) is 4. The summed E-state index contributed by atoms with van der Waals surface area (Å²) in [5.74, 6) is 1.87. The number of imidazole rings is 4. The van der Waals surface area contributed by atoms with Gasteiger partial charge in [-0.05, 0) is 54.6 Å². The van der Waals surface area contributed by atoms with E-state index in [1.54, 1.807) is 42.5 Å². The molecule has 0 spiro atoms. The first-order valence-electron chi connectivity index (χ1n) is 17.7. The molecule has 0 aliphatic rings. The standard InChI is InChI=1S/C40H26N8O9S3/c49-58(50,51)24-12-14-29-32(17-24)44-37(41-29)20-4-8-22(9-5-20)39-43-31-3-1-2-27(35(31)47-39)28-16-26(60(55,56)57)19-34-36(28)48-40(46-34)23-10-6-21(7-11-23)38-42-30-15-13-25(59(52,53)54)18-33(30)45-38/h1-19H,(H,41,44)(H,42,45)(H,43,47)(H,46,48)(H,49,50,51)(H,52,53,54)(H,55,56,57). The average Bonchev–Trinajstić information content (AvgIpc) is 4.03. The van der Waals surface area contributed by atoms with Crippen molar-refractivity contribution in [2.24, 2.45) is 0 Å². The van der Waals surface area contributed by atoms with Crippen molar-refractivity contribution in [1.82, 2.24) is 39.9 Å². The molecule has 0 radical (unpaired) electrons. The van der Waals surface area contributed by atoms with Crippen LogP contribution < -0.4 is 0 Å². The fraction of sp³-hybridized carbons (Fsp3) is 0. The highest BCUT2D eigenvalue weighted by atomic mass is 32.2. The van der Waals surface area contributed by atoms with Crippen LogP contribution in [0, 0.1) is 0 Å². The van der Waals surface area contributed by atoms with E-state index in [4.69, 9.17) is 9.97 Å². The van der Waals surface area contributed by atoms with Gasteiger partial charge in [0.05, 0.1) is 58.8 Å². The van der Waals surface area contributed by atoms with Gasteiger partial charge in [-0.15, -0.1) is 0 Å².